The molecule has 0 N–H and O–H groups in total. The smallest absolute Gasteiger partial charge is 0.416 e. The van der Waals surface area contributed by atoms with E-state index in [4.69, 9.17) is 18.4 Å². The maximum Gasteiger partial charge on any atom is 0.416 e. The zero-order valence-corrected chi connectivity index (χ0v) is 21.6. The molecule has 0 atom stereocenters. The second-order valence-corrected chi connectivity index (χ2v) is 9.54. The largest absolute Gasteiger partial charge is 0.497 e. The zero-order valence-electron chi connectivity index (χ0n) is 20.8. The normalized spacial score (nSPS) is 11.6. The van der Waals surface area contributed by atoms with Crippen LogP contribution in [0.4, 0.5) is 13.2 Å². The van der Waals surface area contributed by atoms with Crippen molar-refractivity contribution in [3.8, 4) is 17.2 Å². The van der Waals surface area contributed by atoms with Crippen molar-refractivity contribution >= 4 is 16.0 Å². The predicted molar refractivity (Wildman–Crippen MR) is 132 cm³/mol. The summed E-state index contributed by atoms with van der Waals surface area (Å²) < 4.78 is 84.7. The van der Waals surface area contributed by atoms with Crippen molar-refractivity contribution < 1.29 is 44.8 Å². The van der Waals surface area contributed by atoms with E-state index in [1.165, 1.54) is 38.4 Å². The number of hydrogen-bond acceptors (Lipinski definition) is 7. The van der Waals surface area contributed by atoms with Gasteiger partial charge in [0.2, 0.25) is 0 Å². The molecule has 8 nitrogen and oxygen atoms in total. The Morgan fingerprint density at radius 1 is 0.895 bits per heavy atom. The van der Waals surface area contributed by atoms with Gasteiger partial charge in [-0.05, 0) is 48.0 Å². The van der Waals surface area contributed by atoms with Gasteiger partial charge in [0.25, 0.3) is 5.91 Å². The number of alkyl halides is 3. The summed E-state index contributed by atoms with van der Waals surface area (Å²) in [5, 5.41) is 0. The molecule has 0 heterocycles. The molecule has 3 aromatic rings. The van der Waals surface area contributed by atoms with Crippen LogP contribution in [0.15, 0.2) is 71.6 Å². The van der Waals surface area contributed by atoms with Gasteiger partial charge in [-0.2, -0.15) is 21.6 Å². The number of rotatable bonds is 11. The van der Waals surface area contributed by atoms with Gasteiger partial charge in [-0.3, -0.25) is 4.79 Å². The summed E-state index contributed by atoms with van der Waals surface area (Å²) in [5.41, 5.74) is -0.144. The summed E-state index contributed by atoms with van der Waals surface area (Å²) in [6.07, 6.45) is -4.70. The van der Waals surface area contributed by atoms with Crippen LogP contribution in [0.2, 0.25) is 0 Å². The number of nitrogens with zero attached hydrogens (tertiary/aromatic N) is 1. The summed E-state index contributed by atoms with van der Waals surface area (Å²) in [4.78, 5) is 14.2. The Bertz CT molecular complexity index is 1360. The standard InChI is InChI=1S/C26H26F3NO7S/c1-34-14-13-30(25(31)23-12-11-21(35-2)16-24(23)36-3)17-18-7-9-20(10-8-18)37-38(32,33)22-6-4-5-19(15-22)26(27,28)29/h4-12,15-16H,13-14,17H2,1-3H3. The van der Waals surface area contributed by atoms with Crippen molar-refractivity contribution in [1.29, 1.82) is 0 Å². The van der Waals surface area contributed by atoms with Crippen molar-refractivity contribution in [1.82, 2.24) is 4.90 Å². The van der Waals surface area contributed by atoms with Crippen LogP contribution in [-0.2, 0) is 27.6 Å². The van der Waals surface area contributed by atoms with Gasteiger partial charge in [-0.25, -0.2) is 0 Å². The maximum atomic E-state index is 13.3. The summed E-state index contributed by atoms with van der Waals surface area (Å²) in [6, 6.07) is 13.9. The van der Waals surface area contributed by atoms with Crippen molar-refractivity contribution in [2.45, 2.75) is 17.6 Å². The Balaban J connectivity index is 1.78. The molecule has 0 spiro atoms. The monoisotopic (exact) mass is 553 g/mol. The van der Waals surface area contributed by atoms with Crippen LogP contribution in [0, 0.1) is 0 Å². The Kier molecular flexibility index (Phi) is 9.23. The minimum atomic E-state index is -4.70. The predicted octanol–water partition coefficient (Wildman–Crippen LogP) is 4.78. The lowest BCUT2D eigenvalue weighted by Gasteiger charge is -2.24. The number of amides is 1. The molecule has 3 rings (SSSR count). The third-order valence-corrected chi connectivity index (χ3v) is 6.69. The number of methoxy groups -OCH3 is 3. The fourth-order valence-corrected chi connectivity index (χ4v) is 4.45. The van der Waals surface area contributed by atoms with Crippen molar-refractivity contribution in [3.63, 3.8) is 0 Å². The number of carbonyl (C=O) groups excluding carboxylic acids is 1. The highest BCUT2D eigenvalue weighted by Gasteiger charge is 2.32. The van der Waals surface area contributed by atoms with Gasteiger partial charge in [0, 0.05) is 26.3 Å². The van der Waals surface area contributed by atoms with Crippen LogP contribution in [-0.4, -0.2) is 53.7 Å². The van der Waals surface area contributed by atoms with Crippen molar-refractivity contribution in [3.05, 3.63) is 83.4 Å². The number of benzene rings is 3. The Labute approximate surface area is 218 Å². The first kappa shape index (κ1) is 28.8. The average Bonchev–Trinajstić information content (AvgIpc) is 2.90. The first-order valence-corrected chi connectivity index (χ1v) is 12.6. The van der Waals surface area contributed by atoms with E-state index in [-0.39, 0.29) is 31.4 Å². The Morgan fingerprint density at radius 3 is 2.18 bits per heavy atom. The first-order valence-electron chi connectivity index (χ1n) is 11.2. The average molecular weight is 554 g/mol. The van der Waals surface area contributed by atoms with Gasteiger partial charge in [0.05, 0.1) is 32.0 Å². The first-order chi connectivity index (χ1) is 18.0. The molecule has 0 unspecified atom stereocenters. The molecule has 12 heteroatoms. The molecule has 1 amide bonds. The van der Waals surface area contributed by atoms with Gasteiger partial charge in [-0.1, -0.05) is 18.2 Å². The molecule has 0 aliphatic carbocycles. The molecule has 0 aliphatic rings. The highest BCUT2D eigenvalue weighted by Crippen LogP contribution is 2.31. The SMILES string of the molecule is COCCN(Cc1ccc(OS(=O)(=O)c2cccc(C(F)(F)F)c2)cc1)C(=O)c1ccc(OC)cc1OC. The van der Waals surface area contributed by atoms with E-state index < -0.39 is 26.8 Å². The fourth-order valence-electron chi connectivity index (χ4n) is 3.47. The lowest BCUT2D eigenvalue weighted by molar-refractivity contribution is -0.137. The highest BCUT2D eigenvalue weighted by molar-refractivity contribution is 7.87. The molecule has 0 aromatic heterocycles. The van der Waals surface area contributed by atoms with Gasteiger partial charge in [0.15, 0.2) is 0 Å². The third kappa shape index (κ3) is 7.17. The van der Waals surface area contributed by atoms with E-state index in [0.29, 0.717) is 28.7 Å². The summed E-state index contributed by atoms with van der Waals surface area (Å²) in [6.45, 7) is 0.672. The minimum Gasteiger partial charge on any atom is -0.497 e. The molecule has 0 radical (unpaired) electrons. The number of halogens is 3. The molecule has 38 heavy (non-hydrogen) atoms. The van der Waals surface area contributed by atoms with Crippen LogP contribution in [0.1, 0.15) is 21.5 Å². The topological polar surface area (TPSA) is 91.4 Å². The molecule has 0 aliphatic heterocycles. The van der Waals surface area contributed by atoms with Crippen LogP contribution < -0.4 is 13.7 Å². The number of carbonyl (C=O) groups is 1. The molecular weight excluding hydrogens is 527 g/mol. The van der Waals surface area contributed by atoms with Gasteiger partial charge < -0.3 is 23.3 Å². The van der Waals surface area contributed by atoms with E-state index in [1.54, 1.807) is 30.3 Å². The molecular formula is C26H26F3NO7S. The van der Waals surface area contributed by atoms with Crippen molar-refractivity contribution in [2.75, 3.05) is 34.5 Å². The van der Waals surface area contributed by atoms with Crippen molar-refractivity contribution in [2.24, 2.45) is 0 Å². The van der Waals surface area contributed by atoms with E-state index >= 15 is 0 Å². The van der Waals surface area contributed by atoms with Gasteiger partial charge in [0.1, 0.15) is 22.1 Å². The van der Waals surface area contributed by atoms with E-state index in [0.717, 1.165) is 18.2 Å². The third-order valence-electron chi connectivity index (χ3n) is 5.44. The van der Waals surface area contributed by atoms with Crippen LogP contribution >= 0.6 is 0 Å². The molecule has 3 aromatic carbocycles. The lowest BCUT2D eigenvalue weighted by Crippen LogP contribution is -2.33. The molecule has 0 saturated heterocycles. The van der Waals surface area contributed by atoms with Crippen LogP contribution in [0.5, 0.6) is 17.2 Å². The zero-order chi connectivity index (χ0) is 27.9. The minimum absolute atomic E-state index is 0.0993. The Hall–Kier alpha value is -3.77. The lowest BCUT2D eigenvalue weighted by atomic mass is 10.1. The van der Waals surface area contributed by atoms with Crippen LogP contribution in [0.3, 0.4) is 0 Å². The summed E-state index contributed by atoms with van der Waals surface area (Å²) in [7, 11) is -0.0636. The quantitative estimate of drug-likeness (QED) is 0.316. The maximum absolute atomic E-state index is 13.3. The van der Waals surface area contributed by atoms with E-state index in [9.17, 15) is 26.4 Å². The fraction of sp³-hybridized carbons (Fsp3) is 0.269. The van der Waals surface area contributed by atoms with Gasteiger partial charge >= 0.3 is 16.3 Å². The second-order valence-electron chi connectivity index (χ2n) is 7.99. The summed E-state index contributed by atoms with van der Waals surface area (Å²) >= 11 is 0. The van der Waals surface area contributed by atoms with Crippen LogP contribution in [0.25, 0.3) is 0 Å². The molecule has 204 valence electrons. The van der Waals surface area contributed by atoms with E-state index in [2.05, 4.69) is 0 Å². The summed E-state index contributed by atoms with van der Waals surface area (Å²) in [5.74, 6) is 0.435. The molecule has 0 fully saturated rings. The van der Waals surface area contributed by atoms with E-state index in [1.807, 2.05) is 0 Å². The highest BCUT2D eigenvalue weighted by atomic mass is 32.2. The Morgan fingerprint density at radius 2 is 1.58 bits per heavy atom. The molecule has 0 saturated carbocycles. The van der Waals surface area contributed by atoms with Gasteiger partial charge in [-0.15, -0.1) is 0 Å². The second kappa shape index (κ2) is 12.2. The number of hydrogen-bond donors (Lipinski definition) is 0. The number of ether oxygens (including phenoxy) is 3. The molecule has 0 bridgehead atoms.